The summed E-state index contributed by atoms with van der Waals surface area (Å²) in [5.41, 5.74) is 2.90. The van der Waals surface area contributed by atoms with Gasteiger partial charge in [0.2, 0.25) is 0 Å². The predicted octanol–water partition coefficient (Wildman–Crippen LogP) is 1.31. The molecule has 2 aromatic rings. The average Bonchev–Trinajstić information content (AvgIpc) is 2.72. The van der Waals surface area contributed by atoms with Crippen molar-refractivity contribution in [3.05, 3.63) is 44.7 Å². The number of nitro benzene ring substituents is 1. The van der Waals surface area contributed by atoms with Gasteiger partial charge < -0.3 is 5.84 Å². The first-order valence-electron chi connectivity index (χ1n) is 5.39. The molecule has 0 aliphatic carbocycles. The Bertz CT molecular complexity index is 682. The molecule has 0 unspecified atom stereocenters. The fourth-order valence-electron chi connectivity index (χ4n) is 1.36. The lowest BCUT2D eigenvalue weighted by molar-refractivity contribution is -0.384. The Balaban J connectivity index is 2.14. The molecule has 3 N–H and O–H groups in total. The molecule has 9 nitrogen and oxygen atoms in total. The van der Waals surface area contributed by atoms with Crippen LogP contribution in [0.1, 0.15) is 11.4 Å². The summed E-state index contributed by atoms with van der Waals surface area (Å²) in [4.78, 5) is 10.2. The summed E-state index contributed by atoms with van der Waals surface area (Å²) in [6.07, 6.45) is 1.38. The van der Waals surface area contributed by atoms with Crippen LogP contribution < -0.4 is 11.3 Å². The number of nitrogens with two attached hydrogens (primary N) is 1. The third-order valence-electron chi connectivity index (χ3n) is 2.41. The third kappa shape index (κ3) is 2.83. The summed E-state index contributed by atoms with van der Waals surface area (Å²) < 4.78 is 1.22. The Morgan fingerprint density at radius 2 is 2.30 bits per heavy atom. The molecule has 0 aliphatic heterocycles. The molecule has 0 aliphatic rings. The highest BCUT2D eigenvalue weighted by atomic mass is 35.5. The standard InChI is InChI=1S/C10H10ClN7O2/c1-6-14-16-10(17(6)12)15-13-5-7-2-3-8(11)9(4-7)18(19)20/h2-5H,12H2,1H3,(H,15,16)/b13-5+. The van der Waals surface area contributed by atoms with E-state index in [4.69, 9.17) is 17.4 Å². The highest BCUT2D eigenvalue weighted by molar-refractivity contribution is 6.32. The number of hydrazone groups is 1. The second kappa shape index (κ2) is 5.53. The van der Waals surface area contributed by atoms with Gasteiger partial charge in [0.15, 0.2) is 5.82 Å². The monoisotopic (exact) mass is 295 g/mol. The topological polar surface area (TPSA) is 124 Å². The summed E-state index contributed by atoms with van der Waals surface area (Å²) in [5.74, 6) is 6.38. The normalized spacial score (nSPS) is 10.9. The van der Waals surface area contributed by atoms with Crippen molar-refractivity contribution < 1.29 is 4.92 Å². The van der Waals surface area contributed by atoms with E-state index in [1.54, 1.807) is 13.0 Å². The lowest BCUT2D eigenvalue weighted by Crippen LogP contribution is -2.13. The molecule has 10 heteroatoms. The second-order valence-corrected chi connectivity index (χ2v) is 4.19. The maximum Gasteiger partial charge on any atom is 0.288 e. The molecule has 0 amide bonds. The molecule has 20 heavy (non-hydrogen) atoms. The maximum absolute atomic E-state index is 10.7. The highest BCUT2D eigenvalue weighted by Gasteiger charge is 2.11. The molecule has 0 bridgehead atoms. The smallest absolute Gasteiger partial charge is 0.288 e. The van der Waals surface area contributed by atoms with E-state index in [0.29, 0.717) is 11.4 Å². The van der Waals surface area contributed by atoms with Crippen molar-refractivity contribution >= 4 is 29.5 Å². The Hall–Kier alpha value is -2.68. The molecule has 0 atom stereocenters. The lowest BCUT2D eigenvalue weighted by atomic mass is 10.2. The summed E-state index contributed by atoms with van der Waals surface area (Å²) >= 11 is 5.70. The first-order valence-corrected chi connectivity index (χ1v) is 5.77. The van der Waals surface area contributed by atoms with E-state index in [9.17, 15) is 10.1 Å². The molecule has 1 aromatic carbocycles. The van der Waals surface area contributed by atoms with E-state index in [0.717, 1.165) is 0 Å². The zero-order chi connectivity index (χ0) is 14.7. The van der Waals surface area contributed by atoms with Gasteiger partial charge in [0.05, 0.1) is 11.1 Å². The number of aromatic nitrogens is 3. The number of nitrogen functional groups attached to an aromatic ring is 1. The third-order valence-corrected chi connectivity index (χ3v) is 2.73. The van der Waals surface area contributed by atoms with Crippen LogP contribution in [0.3, 0.4) is 0 Å². The molecule has 0 saturated heterocycles. The number of benzene rings is 1. The van der Waals surface area contributed by atoms with Gasteiger partial charge in [-0.1, -0.05) is 17.7 Å². The van der Waals surface area contributed by atoms with Gasteiger partial charge in [-0.25, -0.2) is 10.1 Å². The number of nitrogens with zero attached hydrogens (tertiary/aromatic N) is 5. The van der Waals surface area contributed by atoms with E-state index in [-0.39, 0.29) is 16.7 Å². The molecule has 2 rings (SSSR count). The molecule has 1 aromatic heterocycles. The molecular weight excluding hydrogens is 286 g/mol. The highest BCUT2D eigenvalue weighted by Crippen LogP contribution is 2.24. The van der Waals surface area contributed by atoms with E-state index in [1.807, 2.05) is 0 Å². The van der Waals surface area contributed by atoms with Crippen molar-refractivity contribution in [2.24, 2.45) is 5.10 Å². The number of hydrogen-bond acceptors (Lipinski definition) is 7. The van der Waals surface area contributed by atoms with Crippen LogP contribution in [0.5, 0.6) is 0 Å². The minimum Gasteiger partial charge on any atom is -0.335 e. The van der Waals surface area contributed by atoms with Gasteiger partial charge in [0.25, 0.3) is 11.6 Å². The SMILES string of the molecule is Cc1nnc(N/N=C/c2ccc(Cl)c([N+](=O)[O-])c2)n1N. The summed E-state index contributed by atoms with van der Waals surface area (Å²) in [6, 6.07) is 4.33. The van der Waals surface area contributed by atoms with Gasteiger partial charge in [0.1, 0.15) is 5.02 Å². The van der Waals surface area contributed by atoms with Crippen molar-refractivity contribution in [2.75, 3.05) is 11.3 Å². The lowest BCUT2D eigenvalue weighted by Gasteiger charge is -2.00. The number of hydrogen-bond donors (Lipinski definition) is 2. The van der Waals surface area contributed by atoms with Crippen LogP contribution in [0, 0.1) is 17.0 Å². The number of rotatable bonds is 4. The van der Waals surface area contributed by atoms with Gasteiger partial charge in [0, 0.05) is 11.6 Å². The Morgan fingerprint density at radius 1 is 1.55 bits per heavy atom. The Kier molecular flexibility index (Phi) is 3.80. The predicted molar refractivity (Wildman–Crippen MR) is 74.2 cm³/mol. The van der Waals surface area contributed by atoms with Gasteiger partial charge in [-0.2, -0.15) is 5.10 Å². The first-order chi connectivity index (χ1) is 9.49. The molecule has 104 valence electrons. The molecule has 0 saturated carbocycles. The fraction of sp³-hybridized carbons (Fsp3) is 0.100. The first kappa shape index (κ1) is 13.7. The van der Waals surface area contributed by atoms with Crippen LogP contribution >= 0.6 is 11.6 Å². The number of halogens is 1. The zero-order valence-corrected chi connectivity index (χ0v) is 11.1. The summed E-state index contributed by atoms with van der Waals surface area (Å²) in [7, 11) is 0. The van der Waals surface area contributed by atoms with Gasteiger partial charge in [-0.15, -0.1) is 10.2 Å². The molecule has 1 heterocycles. The van der Waals surface area contributed by atoms with Crippen LogP contribution in [0.2, 0.25) is 5.02 Å². The van der Waals surface area contributed by atoms with Crippen LogP contribution in [0.15, 0.2) is 23.3 Å². The van der Waals surface area contributed by atoms with E-state index in [1.165, 1.54) is 23.0 Å². The molecular formula is C10H10ClN7O2. The second-order valence-electron chi connectivity index (χ2n) is 3.78. The van der Waals surface area contributed by atoms with Gasteiger partial charge in [-0.05, 0) is 13.0 Å². The van der Waals surface area contributed by atoms with E-state index >= 15 is 0 Å². The van der Waals surface area contributed by atoms with Crippen LogP contribution in [-0.4, -0.2) is 26.0 Å². The van der Waals surface area contributed by atoms with E-state index in [2.05, 4.69) is 20.7 Å². The van der Waals surface area contributed by atoms with E-state index < -0.39 is 4.92 Å². The average molecular weight is 296 g/mol. The van der Waals surface area contributed by atoms with Gasteiger partial charge >= 0.3 is 0 Å². The molecule has 0 fully saturated rings. The zero-order valence-electron chi connectivity index (χ0n) is 10.3. The van der Waals surface area contributed by atoms with Crippen molar-refractivity contribution in [1.82, 2.24) is 14.9 Å². The summed E-state index contributed by atoms with van der Waals surface area (Å²) in [5, 5.41) is 22.2. The van der Waals surface area contributed by atoms with Gasteiger partial charge in [-0.3, -0.25) is 10.1 Å². The number of anilines is 1. The Labute approximate surface area is 118 Å². The molecule has 0 radical (unpaired) electrons. The van der Waals surface area contributed by atoms with Crippen molar-refractivity contribution in [2.45, 2.75) is 6.92 Å². The van der Waals surface area contributed by atoms with Crippen molar-refractivity contribution in [3.63, 3.8) is 0 Å². The molecule has 0 spiro atoms. The quantitative estimate of drug-likeness (QED) is 0.379. The minimum atomic E-state index is -0.563. The fourth-order valence-corrected chi connectivity index (χ4v) is 1.55. The minimum absolute atomic E-state index is 0.0671. The maximum atomic E-state index is 10.7. The van der Waals surface area contributed by atoms with Crippen LogP contribution in [0.4, 0.5) is 11.6 Å². The van der Waals surface area contributed by atoms with Crippen LogP contribution in [-0.2, 0) is 0 Å². The van der Waals surface area contributed by atoms with Crippen LogP contribution in [0.25, 0.3) is 0 Å². The largest absolute Gasteiger partial charge is 0.335 e. The van der Waals surface area contributed by atoms with Crippen molar-refractivity contribution in [3.8, 4) is 0 Å². The summed E-state index contributed by atoms with van der Waals surface area (Å²) in [6.45, 7) is 1.68. The van der Waals surface area contributed by atoms with Crippen molar-refractivity contribution in [1.29, 1.82) is 0 Å². The number of nitro groups is 1. The Morgan fingerprint density at radius 3 is 2.90 bits per heavy atom. The number of aryl methyl sites for hydroxylation is 1. The number of nitrogens with one attached hydrogen (secondary N) is 1.